The van der Waals surface area contributed by atoms with E-state index < -0.39 is 11.6 Å². The van der Waals surface area contributed by atoms with Crippen molar-refractivity contribution < 1.29 is 13.9 Å². The van der Waals surface area contributed by atoms with E-state index in [9.17, 15) is 13.9 Å². The zero-order valence-electron chi connectivity index (χ0n) is 11.3. The van der Waals surface area contributed by atoms with Crippen LogP contribution in [0.1, 0.15) is 5.56 Å². The molecule has 9 heteroatoms. The molecule has 4 nitrogen and oxygen atoms in total. The van der Waals surface area contributed by atoms with Crippen LogP contribution in [0.4, 0.5) is 14.5 Å². The maximum absolute atomic E-state index is 13.5. The highest BCUT2D eigenvalue weighted by atomic mass is 79.9. The fourth-order valence-corrected chi connectivity index (χ4v) is 2.95. The number of anilines is 1. The van der Waals surface area contributed by atoms with E-state index in [0.717, 1.165) is 12.1 Å². The molecule has 2 rings (SSSR count). The Morgan fingerprint density at radius 1 is 1.17 bits per heavy atom. The largest absolute Gasteiger partial charge is 0.506 e. The van der Waals surface area contributed by atoms with Crippen LogP contribution in [0, 0.1) is 11.6 Å². The van der Waals surface area contributed by atoms with Crippen molar-refractivity contribution in [1.29, 1.82) is 0 Å². The molecule has 0 aromatic heterocycles. The highest BCUT2D eigenvalue weighted by Gasteiger charge is 2.06. The van der Waals surface area contributed by atoms with Crippen molar-refractivity contribution in [2.45, 2.75) is 0 Å². The number of hydrogen-bond donors (Lipinski definition) is 3. The third-order valence-corrected chi connectivity index (χ3v) is 4.00. The molecule has 0 atom stereocenters. The maximum atomic E-state index is 13.5. The van der Waals surface area contributed by atoms with Crippen LogP contribution >= 0.6 is 44.1 Å². The smallest absolute Gasteiger partial charge is 0.191 e. The van der Waals surface area contributed by atoms with Gasteiger partial charge in [-0.05, 0) is 73.9 Å². The first kappa shape index (κ1) is 17.8. The summed E-state index contributed by atoms with van der Waals surface area (Å²) in [5.74, 6) is -1.35. The first-order chi connectivity index (χ1) is 10.9. The van der Waals surface area contributed by atoms with Gasteiger partial charge in [0.05, 0.1) is 20.8 Å². The van der Waals surface area contributed by atoms with Gasteiger partial charge in [0.1, 0.15) is 17.4 Å². The molecule has 0 radical (unpaired) electrons. The van der Waals surface area contributed by atoms with E-state index in [1.54, 1.807) is 12.1 Å². The minimum Gasteiger partial charge on any atom is -0.506 e. The molecule has 3 N–H and O–H groups in total. The van der Waals surface area contributed by atoms with E-state index in [2.05, 4.69) is 47.7 Å². The van der Waals surface area contributed by atoms with Crippen LogP contribution in [0.15, 0.2) is 44.4 Å². The summed E-state index contributed by atoms with van der Waals surface area (Å²) in [5.41, 5.74) is 3.23. The lowest BCUT2D eigenvalue weighted by molar-refractivity contribution is 0.468. The number of nitrogens with one attached hydrogen (secondary N) is 2. The fourth-order valence-electron chi connectivity index (χ4n) is 1.57. The fraction of sp³-hybridized carbons (Fsp3) is 0. The second-order valence-corrected chi connectivity index (χ2v) is 6.40. The van der Waals surface area contributed by atoms with Gasteiger partial charge >= 0.3 is 0 Å². The predicted octanol–water partition coefficient (Wildman–Crippen LogP) is 4.52. The van der Waals surface area contributed by atoms with E-state index >= 15 is 0 Å². The molecule has 0 fully saturated rings. The van der Waals surface area contributed by atoms with Gasteiger partial charge in [0.25, 0.3) is 0 Å². The van der Waals surface area contributed by atoms with Crippen molar-refractivity contribution >= 4 is 61.1 Å². The molecule has 0 aliphatic rings. The molecule has 0 bridgehead atoms. The summed E-state index contributed by atoms with van der Waals surface area (Å²) in [5, 5.41) is 16.1. The lowest BCUT2D eigenvalue weighted by Crippen LogP contribution is -2.24. The Morgan fingerprint density at radius 3 is 2.43 bits per heavy atom. The number of hydrazone groups is 1. The number of benzene rings is 2. The van der Waals surface area contributed by atoms with E-state index in [-0.39, 0.29) is 16.5 Å². The Bertz CT molecular complexity index is 764. The second-order valence-electron chi connectivity index (χ2n) is 4.28. The summed E-state index contributed by atoms with van der Waals surface area (Å²) >= 11 is 11.4. The number of phenols is 1. The van der Waals surface area contributed by atoms with Crippen LogP contribution in [0.5, 0.6) is 5.75 Å². The average molecular weight is 465 g/mol. The second kappa shape index (κ2) is 7.80. The molecule has 0 aliphatic heterocycles. The van der Waals surface area contributed by atoms with Crippen LogP contribution in [0.2, 0.25) is 0 Å². The zero-order valence-corrected chi connectivity index (χ0v) is 15.3. The Balaban J connectivity index is 1.99. The van der Waals surface area contributed by atoms with Crippen molar-refractivity contribution in [3.05, 3.63) is 56.5 Å². The Hall–Kier alpha value is -1.58. The molecule has 2 aromatic rings. The summed E-state index contributed by atoms with van der Waals surface area (Å²) in [6, 6.07) is 6.40. The molecule has 0 unspecified atom stereocenters. The lowest BCUT2D eigenvalue weighted by atomic mass is 10.2. The summed E-state index contributed by atoms with van der Waals surface area (Å²) in [6.07, 6.45) is 1.46. The van der Waals surface area contributed by atoms with Gasteiger partial charge in [0, 0.05) is 6.07 Å². The number of rotatable bonds is 3. The van der Waals surface area contributed by atoms with Gasteiger partial charge in [-0.25, -0.2) is 8.78 Å². The van der Waals surface area contributed by atoms with Crippen molar-refractivity contribution in [1.82, 2.24) is 5.43 Å². The van der Waals surface area contributed by atoms with Gasteiger partial charge in [-0.1, -0.05) is 0 Å². The molecule has 0 spiro atoms. The topological polar surface area (TPSA) is 56.7 Å². The first-order valence-electron chi connectivity index (χ1n) is 6.10. The van der Waals surface area contributed by atoms with Crippen molar-refractivity contribution in [2.75, 3.05) is 5.32 Å². The maximum Gasteiger partial charge on any atom is 0.191 e. The Labute approximate surface area is 152 Å². The number of hydrogen-bond acceptors (Lipinski definition) is 3. The average Bonchev–Trinajstić information content (AvgIpc) is 2.47. The summed E-state index contributed by atoms with van der Waals surface area (Å²) in [4.78, 5) is 0. The van der Waals surface area contributed by atoms with Crippen molar-refractivity contribution in [2.24, 2.45) is 5.10 Å². The van der Waals surface area contributed by atoms with E-state index in [4.69, 9.17) is 12.2 Å². The van der Waals surface area contributed by atoms with Crippen LogP contribution in [0.3, 0.4) is 0 Å². The quantitative estimate of drug-likeness (QED) is 0.355. The molecule has 2 aromatic carbocycles. The monoisotopic (exact) mass is 463 g/mol. The molecule has 0 heterocycles. The number of phenolic OH excluding ortho intramolecular Hbond substituents is 1. The van der Waals surface area contributed by atoms with Gasteiger partial charge in [-0.2, -0.15) is 5.10 Å². The summed E-state index contributed by atoms with van der Waals surface area (Å²) in [6.45, 7) is 0. The molecular formula is C14H9Br2F2N3OS. The van der Waals surface area contributed by atoms with Gasteiger partial charge in [0.2, 0.25) is 0 Å². The van der Waals surface area contributed by atoms with Gasteiger partial charge in [-0.3, -0.25) is 5.43 Å². The highest BCUT2D eigenvalue weighted by molar-refractivity contribution is 9.11. The number of halogens is 4. The number of aromatic hydroxyl groups is 1. The van der Waals surface area contributed by atoms with Gasteiger partial charge in [0.15, 0.2) is 5.11 Å². The van der Waals surface area contributed by atoms with Gasteiger partial charge < -0.3 is 10.4 Å². The lowest BCUT2D eigenvalue weighted by Gasteiger charge is -2.08. The van der Waals surface area contributed by atoms with E-state index in [0.29, 0.717) is 14.5 Å². The molecular weight excluding hydrogens is 456 g/mol. The summed E-state index contributed by atoms with van der Waals surface area (Å²) < 4.78 is 27.3. The number of nitrogens with zero attached hydrogens (tertiary/aromatic N) is 1. The van der Waals surface area contributed by atoms with Crippen molar-refractivity contribution in [3.8, 4) is 5.75 Å². The van der Waals surface area contributed by atoms with Crippen LogP contribution < -0.4 is 10.7 Å². The minimum atomic E-state index is -0.760. The standard InChI is InChI=1S/C14H9Br2F2N3OS/c15-9-3-7(4-10(16)13(9)22)6-19-21-14(23)20-12-2-1-8(17)5-11(12)18/h1-6,22H,(H2,20,21,23). The van der Waals surface area contributed by atoms with Crippen LogP contribution in [-0.2, 0) is 0 Å². The number of thiocarbonyl (C=S) groups is 1. The first-order valence-corrected chi connectivity index (χ1v) is 8.09. The molecule has 23 heavy (non-hydrogen) atoms. The molecule has 0 saturated heterocycles. The third-order valence-electron chi connectivity index (χ3n) is 2.60. The van der Waals surface area contributed by atoms with E-state index in [1.807, 2.05) is 0 Å². The normalized spacial score (nSPS) is 10.8. The summed E-state index contributed by atoms with van der Waals surface area (Å²) in [7, 11) is 0. The van der Waals surface area contributed by atoms with Gasteiger partial charge in [-0.15, -0.1) is 0 Å². The van der Waals surface area contributed by atoms with E-state index in [1.165, 1.54) is 12.3 Å². The zero-order chi connectivity index (χ0) is 17.0. The van der Waals surface area contributed by atoms with Crippen LogP contribution in [0.25, 0.3) is 0 Å². The minimum absolute atomic E-state index is 0.0363. The molecule has 120 valence electrons. The van der Waals surface area contributed by atoms with Crippen LogP contribution in [-0.4, -0.2) is 16.4 Å². The van der Waals surface area contributed by atoms with Crippen molar-refractivity contribution in [3.63, 3.8) is 0 Å². The Kier molecular flexibility index (Phi) is 6.03. The highest BCUT2D eigenvalue weighted by Crippen LogP contribution is 2.32. The third kappa shape index (κ3) is 4.95. The molecule has 0 aliphatic carbocycles. The Morgan fingerprint density at radius 2 is 1.83 bits per heavy atom. The predicted molar refractivity (Wildman–Crippen MR) is 96.8 cm³/mol. The molecule has 0 saturated carbocycles. The molecule has 0 amide bonds. The SMILES string of the molecule is Oc1c(Br)cc(C=NNC(=S)Nc2ccc(F)cc2F)cc1Br.